The summed E-state index contributed by atoms with van der Waals surface area (Å²) in [6, 6.07) is 7.04. The first-order valence-corrected chi connectivity index (χ1v) is 7.86. The number of halogens is 3. The third-order valence-corrected chi connectivity index (χ3v) is 4.62. The molecule has 2 aliphatic rings. The van der Waals surface area contributed by atoms with Crippen LogP contribution in [0.2, 0.25) is 0 Å². The molecule has 2 aromatic rings. The highest BCUT2D eigenvalue weighted by atomic mass is 19.4. The number of urea groups is 1. The van der Waals surface area contributed by atoms with Gasteiger partial charge in [0.1, 0.15) is 5.75 Å². The van der Waals surface area contributed by atoms with Crippen molar-refractivity contribution >= 4 is 11.7 Å². The summed E-state index contributed by atoms with van der Waals surface area (Å²) < 4.78 is 44.5. The van der Waals surface area contributed by atoms with Gasteiger partial charge < -0.3 is 15.0 Å². The predicted molar refractivity (Wildman–Crippen MR) is 86.6 cm³/mol. The number of hydrogen-bond donors (Lipinski definition) is 1. The average molecular weight is 348 g/mol. The van der Waals surface area contributed by atoms with E-state index in [9.17, 15) is 18.0 Å². The third-order valence-electron chi connectivity index (χ3n) is 4.62. The van der Waals surface area contributed by atoms with Crippen molar-refractivity contribution in [2.24, 2.45) is 0 Å². The van der Waals surface area contributed by atoms with Gasteiger partial charge in [-0.05, 0) is 34.9 Å². The summed E-state index contributed by atoms with van der Waals surface area (Å²) in [5.41, 5.74) is 3.50. The van der Waals surface area contributed by atoms with E-state index >= 15 is 0 Å². The average Bonchev–Trinajstić information content (AvgIpc) is 2.74. The van der Waals surface area contributed by atoms with E-state index < -0.39 is 11.7 Å². The van der Waals surface area contributed by atoms with Crippen molar-refractivity contribution in [1.82, 2.24) is 4.90 Å². The lowest BCUT2D eigenvalue weighted by molar-refractivity contribution is -0.137. The molecule has 0 aromatic heterocycles. The molecule has 1 N–H and O–H groups in total. The summed E-state index contributed by atoms with van der Waals surface area (Å²) in [4.78, 5) is 13.4. The summed E-state index contributed by atoms with van der Waals surface area (Å²) in [5.74, 6) is 0.238. The highest BCUT2D eigenvalue weighted by Gasteiger charge is 2.32. The normalized spacial score (nSPS) is 16.2. The Hall–Kier alpha value is -2.70. The number of alkyl halides is 3. The summed E-state index contributed by atoms with van der Waals surface area (Å²) >= 11 is 0. The molecule has 0 radical (unpaired) electrons. The molecule has 25 heavy (non-hydrogen) atoms. The van der Waals surface area contributed by atoms with Crippen LogP contribution in [-0.4, -0.2) is 24.6 Å². The molecule has 2 aliphatic heterocycles. The molecule has 0 bridgehead atoms. The van der Waals surface area contributed by atoms with Crippen LogP contribution in [-0.2, 0) is 19.1 Å². The predicted octanol–water partition coefficient (Wildman–Crippen LogP) is 4.28. The Bertz CT molecular complexity index is 877. The van der Waals surface area contributed by atoms with Crippen molar-refractivity contribution in [3.8, 4) is 16.9 Å². The second-order valence-corrected chi connectivity index (χ2v) is 6.21. The van der Waals surface area contributed by atoms with Gasteiger partial charge in [-0.25, -0.2) is 4.79 Å². The Kier molecular flexibility index (Phi) is 3.42. The van der Waals surface area contributed by atoms with E-state index in [1.807, 2.05) is 6.07 Å². The number of hydrogen-bond acceptors (Lipinski definition) is 2. The lowest BCUT2D eigenvalue weighted by Gasteiger charge is -2.28. The molecule has 0 aliphatic carbocycles. The van der Waals surface area contributed by atoms with Crippen LogP contribution in [0.15, 0.2) is 30.3 Å². The molecule has 130 valence electrons. The third kappa shape index (κ3) is 2.59. The Morgan fingerprint density at radius 1 is 1.12 bits per heavy atom. The van der Waals surface area contributed by atoms with E-state index in [2.05, 4.69) is 5.32 Å². The van der Waals surface area contributed by atoms with Gasteiger partial charge >= 0.3 is 12.2 Å². The van der Waals surface area contributed by atoms with Crippen molar-refractivity contribution in [3.05, 3.63) is 47.0 Å². The van der Waals surface area contributed by atoms with Gasteiger partial charge in [0.25, 0.3) is 0 Å². The SMILES string of the molecule is CN1Cc2c(ccc3c2CCOc2cc(C(F)(F)F)ccc2-3)NC1=O. The molecular weight excluding hydrogens is 333 g/mol. The monoisotopic (exact) mass is 348 g/mol. The van der Waals surface area contributed by atoms with Crippen LogP contribution in [0.5, 0.6) is 5.75 Å². The van der Waals surface area contributed by atoms with Gasteiger partial charge in [-0.1, -0.05) is 12.1 Å². The first-order chi connectivity index (χ1) is 11.8. The van der Waals surface area contributed by atoms with E-state index in [4.69, 9.17) is 4.74 Å². The summed E-state index contributed by atoms with van der Waals surface area (Å²) in [5, 5.41) is 2.83. The first-order valence-electron chi connectivity index (χ1n) is 7.86. The Balaban J connectivity index is 1.86. The zero-order valence-corrected chi connectivity index (χ0v) is 13.4. The van der Waals surface area contributed by atoms with Crippen LogP contribution in [0.1, 0.15) is 16.7 Å². The molecule has 4 rings (SSSR count). The minimum absolute atomic E-state index is 0.174. The number of ether oxygens (including phenoxy) is 1. The van der Waals surface area contributed by atoms with Gasteiger partial charge in [-0.2, -0.15) is 13.2 Å². The molecule has 0 spiro atoms. The van der Waals surface area contributed by atoms with Gasteiger partial charge in [-0.3, -0.25) is 0 Å². The van der Waals surface area contributed by atoms with Crippen molar-refractivity contribution in [2.75, 3.05) is 19.0 Å². The highest BCUT2D eigenvalue weighted by molar-refractivity contribution is 5.93. The van der Waals surface area contributed by atoms with Gasteiger partial charge in [-0.15, -0.1) is 0 Å². The van der Waals surface area contributed by atoms with E-state index in [0.29, 0.717) is 18.5 Å². The first kappa shape index (κ1) is 15.8. The summed E-state index contributed by atoms with van der Waals surface area (Å²) in [6.07, 6.45) is -3.84. The number of amides is 2. The van der Waals surface area contributed by atoms with Gasteiger partial charge in [0.05, 0.1) is 12.2 Å². The van der Waals surface area contributed by atoms with E-state index in [1.54, 1.807) is 18.0 Å². The number of carbonyl (C=O) groups excluding carboxylic acids is 1. The quantitative estimate of drug-likeness (QED) is 0.772. The highest BCUT2D eigenvalue weighted by Crippen LogP contribution is 2.42. The van der Waals surface area contributed by atoms with E-state index in [-0.39, 0.29) is 18.4 Å². The standard InChI is InChI=1S/C18H15F3N2O2/c1-23-9-14-12-6-7-25-16-8-10(18(19,20)21)2-3-13(16)11(12)4-5-15(14)22-17(23)24/h2-5,8H,6-7,9H2,1H3,(H,22,24). The van der Waals surface area contributed by atoms with Crippen molar-refractivity contribution < 1.29 is 22.7 Å². The number of benzene rings is 2. The minimum atomic E-state index is -4.41. The number of anilines is 1. The van der Waals surface area contributed by atoms with Crippen LogP contribution in [0, 0.1) is 0 Å². The van der Waals surface area contributed by atoms with Crippen molar-refractivity contribution in [1.29, 1.82) is 0 Å². The number of rotatable bonds is 0. The second kappa shape index (κ2) is 5.40. The molecule has 2 heterocycles. The van der Waals surface area contributed by atoms with Crippen LogP contribution in [0.25, 0.3) is 11.1 Å². The van der Waals surface area contributed by atoms with Crippen LogP contribution < -0.4 is 10.1 Å². The molecule has 2 amide bonds. The molecule has 0 saturated heterocycles. The number of nitrogens with zero attached hydrogens (tertiary/aromatic N) is 1. The van der Waals surface area contributed by atoms with Crippen LogP contribution in [0.3, 0.4) is 0 Å². The maximum atomic E-state index is 13.0. The molecule has 0 unspecified atom stereocenters. The van der Waals surface area contributed by atoms with E-state index in [0.717, 1.165) is 34.5 Å². The van der Waals surface area contributed by atoms with Crippen molar-refractivity contribution in [2.45, 2.75) is 19.1 Å². The fourth-order valence-electron chi connectivity index (χ4n) is 3.35. The second-order valence-electron chi connectivity index (χ2n) is 6.21. The Morgan fingerprint density at radius 2 is 1.88 bits per heavy atom. The molecule has 0 atom stereocenters. The Morgan fingerprint density at radius 3 is 2.64 bits per heavy atom. The van der Waals surface area contributed by atoms with Gasteiger partial charge in [0.2, 0.25) is 0 Å². The lowest BCUT2D eigenvalue weighted by Crippen LogP contribution is -2.36. The maximum absolute atomic E-state index is 13.0. The lowest BCUT2D eigenvalue weighted by atomic mass is 9.91. The molecule has 7 heteroatoms. The van der Waals surface area contributed by atoms with Crippen molar-refractivity contribution in [3.63, 3.8) is 0 Å². The fraction of sp³-hybridized carbons (Fsp3) is 0.278. The number of nitrogens with one attached hydrogen (secondary N) is 1. The molecule has 2 aromatic carbocycles. The van der Waals surface area contributed by atoms with Crippen LogP contribution in [0.4, 0.5) is 23.7 Å². The maximum Gasteiger partial charge on any atom is 0.416 e. The summed E-state index contributed by atoms with van der Waals surface area (Å²) in [6.45, 7) is 0.746. The molecule has 0 fully saturated rings. The smallest absolute Gasteiger partial charge is 0.416 e. The zero-order chi connectivity index (χ0) is 17.8. The summed E-state index contributed by atoms with van der Waals surface area (Å²) in [7, 11) is 1.70. The molecular formula is C18H15F3N2O2. The molecule has 4 nitrogen and oxygen atoms in total. The fourth-order valence-corrected chi connectivity index (χ4v) is 3.35. The van der Waals surface area contributed by atoms with E-state index in [1.165, 1.54) is 6.07 Å². The molecule has 0 saturated carbocycles. The topological polar surface area (TPSA) is 41.6 Å². The van der Waals surface area contributed by atoms with Gasteiger partial charge in [0, 0.05) is 31.3 Å². The van der Waals surface area contributed by atoms with Gasteiger partial charge in [0.15, 0.2) is 0 Å². The number of fused-ring (bicyclic) bond motifs is 5. The van der Waals surface area contributed by atoms with Crippen LogP contribution >= 0.6 is 0 Å². The Labute approximate surface area is 142 Å². The number of carbonyl (C=O) groups is 1. The minimum Gasteiger partial charge on any atom is -0.493 e. The zero-order valence-electron chi connectivity index (χ0n) is 13.4. The largest absolute Gasteiger partial charge is 0.493 e.